The minimum atomic E-state index is -0.514. The third-order valence-corrected chi connectivity index (χ3v) is 4.97. The monoisotopic (exact) mass is 434 g/mol. The highest BCUT2D eigenvalue weighted by molar-refractivity contribution is 7.15. The van der Waals surface area contributed by atoms with Crippen molar-refractivity contribution in [1.82, 2.24) is 10.2 Å². The fourth-order valence-corrected chi connectivity index (χ4v) is 3.43. The van der Waals surface area contributed by atoms with Crippen molar-refractivity contribution < 1.29 is 14.3 Å². The van der Waals surface area contributed by atoms with Crippen LogP contribution in [-0.4, -0.2) is 29.3 Å². The summed E-state index contributed by atoms with van der Waals surface area (Å²) in [6.07, 6.45) is 3.28. The van der Waals surface area contributed by atoms with Gasteiger partial charge >= 0.3 is 0 Å². The van der Waals surface area contributed by atoms with Gasteiger partial charge in [0.1, 0.15) is 41.4 Å². The average Bonchev–Trinajstić information content (AvgIpc) is 3.23. The van der Waals surface area contributed by atoms with Gasteiger partial charge in [0.05, 0.1) is 0 Å². The van der Waals surface area contributed by atoms with Crippen molar-refractivity contribution in [2.24, 2.45) is 0 Å². The molecule has 8 heteroatoms. The number of carbonyl (C=O) groups excluding carboxylic acids is 1. The Bertz CT molecular complexity index is 1060. The number of hydrogen-bond acceptors (Lipinski definition) is 7. The molecular formula is C23H22N4O3S. The number of anilines is 1. The number of ether oxygens (including phenoxy) is 2. The van der Waals surface area contributed by atoms with E-state index in [1.165, 1.54) is 17.4 Å². The van der Waals surface area contributed by atoms with Crippen LogP contribution in [0.4, 0.5) is 5.13 Å². The molecule has 0 saturated heterocycles. The lowest BCUT2D eigenvalue weighted by Crippen LogP contribution is -2.13. The van der Waals surface area contributed by atoms with Gasteiger partial charge in [-0.3, -0.25) is 10.1 Å². The summed E-state index contributed by atoms with van der Waals surface area (Å²) >= 11 is 1.31. The first kappa shape index (κ1) is 22.0. The zero-order valence-electron chi connectivity index (χ0n) is 17.1. The number of nitrogens with one attached hydrogen (secondary N) is 1. The Labute approximate surface area is 185 Å². The normalized spacial score (nSPS) is 10.9. The number of para-hydroxylation sites is 1. The number of aromatic nitrogens is 2. The van der Waals surface area contributed by atoms with Gasteiger partial charge in [0, 0.05) is 6.42 Å². The van der Waals surface area contributed by atoms with E-state index in [0.29, 0.717) is 29.7 Å². The molecule has 0 atom stereocenters. The second-order valence-electron chi connectivity index (χ2n) is 6.45. The lowest BCUT2D eigenvalue weighted by atomic mass is 10.1. The summed E-state index contributed by atoms with van der Waals surface area (Å²) < 4.78 is 11.2. The van der Waals surface area contributed by atoms with Crippen molar-refractivity contribution >= 4 is 28.5 Å². The predicted molar refractivity (Wildman–Crippen MR) is 120 cm³/mol. The number of nitrogens with zero attached hydrogens (tertiary/aromatic N) is 3. The van der Waals surface area contributed by atoms with E-state index in [4.69, 9.17) is 9.47 Å². The molecule has 7 nitrogen and oxygen atoms in total. The summed E-state index contributed by atoms with van der Waals surface area (Å²) in [6.45, 7) is 2.87. The molecular weight excluding hydrogens is 412 g/mol. The average molecular weight is 435 g/mol. The number of carbonyl (C=O) groups is 1. The summed E-state index contributed by atoms with van der Waals surface area (Å²) in [7, 11) is 0. The highest BCUT2D eigenvalue weighted by Gasteiger charge is 2.12. The van der Waals surface area contributed by atoms with Gasteiger partial charge in [-0.25, -0.2) is 0 Å². The molecule has 1 amide bonds. The molecule has 0 fully saturated rings. The SMILES string of the molecule is CCCc1nnc(NC(=O)/C(C#N)=C\c2ccc(OCCOc3ccccc3)cc2)s1. The summed E-state index contributed by atoms with van der Waals surface area (Å²) in [5, 5.41) is 21.2. The minimum Gasteiger partial charge on any atom is -0.490 e. The fourth-order valence-electron chi connectivity index (χ4n) is 2.59. The number of aryl methyl sites for hydroxylation is 1. The lowest BCUT2D eigenvalue weighted by Gasteiger charge is -2.08. The third kappa shape index (κ3) is 6.94. The lowest BCUT2D eigenvalue weighted by molar-refractivity contribution is -0.112. The van der Waals surface area contributed by atoms with Gasteiger partial charge in [-0.05, 0) is 42.3 Å². The van der Waals surface area contributed by atoms with E-state index >= 15 is 0 Å². The van der Waals surface area contributed by atoms with E-state index in [2.05, 4.69) is 15.5 Å². The zero-order valence-corrected chi connectivity index (χ0v) is 17.9. The van der Waals surface area contributed by atoms with Crippen molar-refractivity contribution in [3.63, 3.8) is 0 Å². The molecule has 2 aromatic carbocycles. The number of benzene rings is 2. The molecule has 1 aromatic heterocycles. The van der Waals surface area contributed by atoms with Crippen LogP contribution in [0.25, 0.3) is 6.08 Å². The molecule has 0 radical (unpaired) electrons. The van der Waals surface area contributed by atoms with Crippen molar-refractivity contribution in [3.05, 3.63) is 70.7 Å². The van der Waals surface area contributed by atoms with Crippen LogP contribution in [0.2, 0.25) is 0 Å². The van der Waals surface area contributed by atoms with E-state index in [1.807, 2.05) is 43.3 Å². The summed E-state index contributed by atoms with van der Waals surface area (Å²) in [5.41, 5.74) is 0.695. The molecule has 0 saturated carbocycles. The Hall–Kier alpha value is -3.70. The highest BCUT2D eigenvalue weighted by atomic mass is 32.1. The van der Waals surface area contributed by atoms with Crippen LogP contribution in [0.15, 0.2) is 60.2 Å². The Balaban J connectivity index is 1.52. The second-order valence-corrected chi connectivity index (χ2v) is 7.52. The van der Waals surface area contributed by atoms with Crippen LogP contribution in [-0.2, 0) is 11.2 Å². The topological polar surface area (TPSA) is 97.1 Å². The molecule has 0 aliphatic rings. The van der Waals surface area contributed by atoms with E-state index in [9.17, 15) is 10.1 Å². The van der Waals surface area contributed by atoms with Gasteiger partial charge in [-0.1, -0.05) is 48.6 Å². The first-order valence-corrected chi connectivity index (χ1v) is 10.7. The Morgan fingerprint density at radius 3 is 2.39 bits per heavy atom. The van der Waals surface area contributed by atoms with Gasteiger partial charge in [0.15, 0.2) is 0 Å². The zero-order chi connectivity index (χ0) is 21.9. The Kier molecular flexibility index (Phi) is 8.14. The van der Waals surface area contributed by atoms with Crippen molar-refractivity contribution in [2.45, 2.75) is 19.8 Å². The maximum absolute atomic E-state index is 12.4. The molecule has 0 bridgehead atoms. The van der Waals surface area contributed by atoms with Crippen LogP contribution in [0, 0.1) is 11.3 Å². The summed E-state index contributed by atoms with van der Waals surface area (Å²) in [4.78, 5) is 12.4. The molecule has 0 spiro atoms. The number of amides is 1. The quantitative estimate of drug-likeness (QED) is 0.287. The van der Waals surface area contributed by atoms with Crippen LogP contribution < -0.4 is 14.8 Å². The van der Waals surface area contributed by atoms with Gasteiger partial charge in [0.25, 0.3) is 5.91 Å². The number of hydrogen-bond donors (Lipinski definition) is 1. The van der Waals surface area contributed by atoms with E-state index in [1.54, 1.807) is 24.3 Å². The van der Waals surface area contributed by atoms with Crippen molar-refractivity contribution in [1.29, 1.82) is 5.26 Å². The molecule has 0 aliphatic heterocycles. The fraction of sp³-hybridized carbons (Fsp3) is 0.217. The van der Waals surface area contributed by atoms with Crippen LogP contribution in [0.3, 0.4) is 0 Å². The molecule has 0 aliphatic carbocycles. The van der Waals surface area contributed by atoms with Gasteiger partial charge < -0.3 is 9.47 Å². The molecule has 0 unspecified atom stereocenters. The number of nitriles is 1. The standard InChI is InChI=1S/C23H22N4O3S/c1-2-6-21-26-27-23(31-21)25-22(28)18(16-24)15-17-9-11-20(12-10-17)30-14-13-29-19-7-4-3-5-8-19/h3-5,7-12,15H,2,6,13-14H2,1H3,(H,25,27,28)/b18-15-. The third-order valence-electron chi connectivity index (χ3n) is 4.07. The maximum Gasteiger partial charge on any atom is 0.268 e. The maximum atomic E-state index is 12.4. The van der Waals surface area contributed by atoms with E-state index in [-0.39, 0.29) is 5.57 Å². The van der Waals surface area contributed by atoms with Gasteiger partial charge in [-0.15, -0.1) is 10.2 Å². The van der Waals surface area contributed by atoms with Crippen LogP contribution >= 0.6 is 11.3 Å². The molecule has 1 N–H and O–H groups in total. The molecule has 31 heavy (non-hydrogen) atoms. The largest absolute Gasteiger partial charge is 0.490 e. The van der Waals surface area contributed by atoms with E-state index in [0.717, 1.165) is 23.6 Å². The van der Waals surface area contributed by atoms with Crippen LogP contribution in [0.1, 0.15) is 23.9 Å². The van der Waals surface area contributed by atoms with Gasteiger partial charge in [0.2, 0.25) is 5.13 Å². The molecule has 3 aromatic rings. The Morgan fingerprint density at radius 2 is 1.74 bits per heavy atom. The minimum absolute atomic E-state index is 0.0165. The molecule has 3 rings (SSSR count). The molecule has 1 heterocycles. The summed E-state index contributed by atoms with van der Waals surface area (Å²) in [6, 6.07) is 18.6. The molecule has 158 valence electrons. The first-order valence-electron chi connectivity index (χ1n) is 9.84. The predicted octanol–water partition coefficient (Wildman–Crippen LogP) is 4.49. The smallest absolute Gasteiger partial charge is 0.268 e. The summed E-state index contributed by atoms with van der Waals surface area (Å²) in [5.74, 6) is 0.957. The Morgan fingerprint density at radius 1 is 1.06 bits per heavy atom. The highest BCUT2D eigenvalue weighted by Crippen LogP contribution is 2.19. The second kappa shape index (κ2) is 11.5. The number of rotatable bonds is 10. The van der Waals surface area contributed by atoms with Gasteiger partial charge in [-0.2, -0.15) is 5.26 Å². The van der Waals surface area contributed by atoms with Crippen molar-refractivity contribution in [2.75, 3.05) is 18.5 Å². The van der Waals surface area contributed by atoms with Crippen LogP contribution in [0.5, 0.6) is 11.5 Å². The van der Waals surface area contributed by atoms with E-state index < -0.39 is 5.91 Å². The first-order chi connectivity index (χ1) is 15.2. The van der Waals surface area contributed by atoms with Crippen molar-refractivity contribution in [3.8, 4) is 17.6 Å².